The number of carbonyl (C=O) groups excluding carboxylic acids is 1. The number of benzene rings is 2. The van der Waals surface area contributed by atoms with Crippen molar-refractivity contribution in [3.63, 3.8) is 0 Å². The summed E-state index contributed by atoms with van der Waals surface area (Å²) in [5, 5.41) is 0. The van der Waals surface area contributed by atoms with Crippen LogP contribution in [0.25, 0.3) is 10.2 Å². The van der Waals surface area contributed by atoms with Gasteiger partial charge in [-0.2, -0.15) is 4.99 Å². The van der Waals surface area contributed by atoms with Gasteiger partial charge >= 0.3 is 0 Å². The second kappa shape index (κ2) is 7.71. The molecule has 140 valence electrons. The molecule has 2 aromatic carbocycles. The highest BCUT2D eigenvalue weighted by molar-refractivity contribution is 7.16. The van der Waals surface area contributed by atoms with Crippen LogP contribution in [-0.2, 0) is 6.54 Å². The fourth-order valence-electron chi connectivity index (χ4n) is 2.63. The third-order valence-electron chi connectivity index (χ3n) is 3.83. The normalized spacial score (nSPS) is 11.6. The summed E-state index contributed by atoms with van der Waals surface area (Å²) >= 11 is 1.02. The molecule has 0 spiro atoms. The van der Waals surface area contributed by atoms with Crippen LogP contribution in [0, 0.1) is 11.6 Å². The molecule has 0 radical (unpaired) electrons. The number of ether oxygens (including phenoxy) is 2. The fraction of sp³-hybridized carbons (Fsp3) is 0.158. The number of thiazole rings is 1. The van der Waals surface area contributed by atoms with Crippen molar-refractivity contribution in [3.8, 4) is 11.5 Å². The van der Waals surface area contributed by atoms with Crippen molar-refractivity contribution in [3.05, 3.63) is 65.0 Å². The number of nitrogens with zero attached hydrogens (tertiary/aromatic N) is 2. The first-order chi connectivity index (χ1) is 13.0. The number of hydrogen-bond donors (Lipinski definition) is 0. The molecule has 0 saturated heterocycles. The van der Waals surface area contributed by atoms with Gasteiger partial charge < -0.3 is 14.0 Å². The van der Waals surface area contributed by atoms with Crippen molar-refractivity contribution < 1.29 is 23.0 Å². The van der Waals surface area contributed by atoms with E-state index in [2.05, 4.69) is 11.6 Å². The van der Waals surface area contributed by atoms with Gasteiger partial charge in [-0.1, -0.05) is 17.4 Å². The van der Waals surface area contributed by atoms with E-state index in [0.717, 1.165) is 17.4 Å². The topological polar surface area (TPSA) is 52.8 Å². The molecule has 0 atom stereocenters. The zero-order valence-corrected chi connectivity index (χ0v) is 15.5. The molecular formula is C19H16F2N2O3S. The highest BCUT2D eigenvalue weighted by Gasteiger charge is 2.15. The third kappa shape index (κ3) is 3.61. The average Bonchev–Trinajstić information content (AvgIpc) is 2.98. The van der Waals surface area contributed by atoms with Crippen LogP contribution in [0.4, 0.5) is 8.78 Å². The molecule has 0 bridgehead atoms. The third-order valence-corrected chi connectivity index (χ3v) is 4.86. The van der Waals surface area contributed by atoms with Gasteiger partial charge in [-0.25, -0.2) is 8.78 Å². The molecule has 8 heteroatoms. The Balaban J connectivity index is 2.15. The molecule has 1 heterocycles. The summed E-state index contributed by atoms with van der Waals surface area (Å²) in [4.78, 5) is 16.9. The van der Waals surface area contributed by atoms with Gasteiger partial charge in [0.1, 0.15) is 5.82 Å². The highest BCUT2D eigenvalue weighted by atomic mass is 32.1. The Morgan fingerprint density at radius 2 is 1.96 bits per heavy atom. The Morgan fingerprint density at radius 3 is 2.63 bits per heavy atom. The van der Waals surface area contributed by atoms with Crippen molar-refractivity contribution >= 4 is 27.5 Å². The summed E-state index contributed by atoms with van der Waals surface area (Å²) in [6, 6.07) is 6.67. The van der Waals surface area contributed by atoms with Gasteiger partial charge in [0.05, 0.1) is 24.4 Å². The van der Waals surface area contributed by atoms with Crippen LogP contribution in [0.2, 0.25) is 0 Å². The van der Waals surface area contributed by atoms with E-state index in [9.17, 15) is 13.6 Å². The first kappa shape index (κ1) is 18.8. The average molecular weight is 390 g/mol. The maximum atomic E-state index is 14.2. The van der Waals surface area contributed by atoms with E-state index in [1.807, 2.05) is 0 Å². The van der Waals surface area contributed by atoms with Gasteiger partial charge in [0.25, 0.3) is 5.91 Å². The molecule has 0 aliphatic rings. The second-order valence-electron chi connectivity index (χ2n) is 5.50. The van der Waals surface area contributed by atoms with E-state index in [-0.39, 0.29) is 22.4 Å². The summed E-state index contributed by atoms with van der Waals surface area (Å²) in [6.07, 6.45) is 1.55. The smallest absolute Gasteiger partial charge is 0.279 e. The molecule has 0 aliphatic carbocycles. The van der Waals surface area contributed by atoms with E-state index < -0.39 is 17.5 Å². The van der Waals surface area contributed by atoms with Crippen LogP contribution in [-0.4, -0.2) is 24.7 Å². The van der Waals surface area contributed by atoms with Crippen LogP contribution < -0.4 is 14.3 Å². The molecule has 0 aliphatic heterocycles. The first-order valence-corrected chi connectivity index (χ1v) is 8.70. The maximum Gasteiger partial charge on any atom is 0.279 e. The maximum absolute atomic E-state index is 14.2. The molecule has 27 heavy (non-hydrogen) atoms. The lowest BCUT2D eigenvalue weighted by Crippen LogP contribution is -2.16. The number of amides is 1. The largest absolute Gasteiger partial charge is 0.493 e. The molecule has 1 aromatic heterocycles. The lowest BCUT2D eigenvalue weighted by atomic mass is 10.2. The molecule has 0 fully saturated rings. The fourth-order valence-corrected chi connectivity index (χ4v) is 3.71. The molecular weight excluding hydrogens is 374 g/mol. The predicted molar refractivity (Wildman–Crippen MR) is 99.4 cm³/mol. The zero-order chi connectivity index (χ0) is 19.6. The minimum atomic E-state index is -0.719. The highest BCUT2D eigenvalue weighted by Crippen LogP contribution is 2.28. The van der Waals surface area contributed by atoms with Gasteiger partial charge in [0.2, 0.25) is 0 Å². The Morgan fingerprint density at radius 1 is 1.22 bits per heavy atom. The van der Waals surface area contributed by atoms with Crippen LogP contribution in [0.5, 0.6) is 11.5 Å². The van der Waals surface area contributed by atoms with Gasteiger partial charge in [0.15, 0.2) is 22.1 Å². The first-order valence-electron chi connectivity index (χ1n) is 7.88. The number of aromatic nitrogens is 1. The van der Waals surface area contributed by atoms with Gasteiger partial charge in [-0.05, 0) is 24.3 Å². The van der Waals surface area contributed by atoms with E-state index >= 15 is 0 Å². The summed E-state index contributed by atoms with van der Waals surface area (Å²) in [5.74, 6) is -1.08. The lowest BCUT2D eigenvalue weighted by molar-refractivity contribution is 0.0997. The number of fused-ring (bicyclic) bond motifs is 1. The summed E-state index contributed by atoms with van der Waals surface area (Å²) in [5.41, 5.74) is 0.460. The Kier molecular flexibility index (Phi) is 5.36. The monoisotopic (exact) mass is 390 g/mol. The Hall–Kier alpha value is -3.00. The standard InChI is InChI=1S/C19H16F2N2O3S/c1-4-7-23-17-13(21)9-12(20)10-16(17)27-19(23)22-18(24)11-5-6-14(25-2)15(8-11)26-3/h4-6,8-10H,1,7H2,2-3H3. The number of hydrogen-bond acceptors (Lipinski definition) is 4. The SMILES string of the molecule is C=CCn1c(=NC(=O)c2ccc(OC)c(OC)c2)sc2cc(F)cc(F)c21. The molecule has 1 amide bonds. The van der Waals surface area contributed by atoms with E-state index in [1.165, 1.54) is 30.9 Å². The summed E-state index contributed by atoms with van der Waals surface area (Å²) < 4.78 is 39.9. The van der Waals surface area contributed by atoms with Crippen molar-refractivity contribution in [1.82, 2.24) is 4.57 Å². The van der Waals surface area contributed by atoms with E-state index in [0.29, 0.717) is 16.2 Å². The number of methoxy groups -OCH3 is 2. The van der Waals surface area contributed by atoms with E-state index in [1.54, 1.807) is 18.2 Å². The number of carbonyl (C=O) groups is 1. The lowest BCUT2D eigenvalue weighted by Gasteiger charge is -2.07. The van der Waals surface area contributed by atoms with Crippen molar-refractivity contribution in [2.45, 2.75) is 6.54 Å². The number of allylic oxidation sites excluding steroid dienone is 1. The van der Waals surface area contributed by atoms with E-state index in [4.69, 9.17) is 9.47 Å². The van der Waals surface area contributed by atoms with Crippen LogP contribution >= 0.6 is 11.3 Å². The minimum Gasteiger partial charge on any atom is -0.493 e. The van der Waals surface area contributed by atoms with Crippen molar-refractivity contribution in [2.24, 2.45) is 4.99 Å². The van der Waals surface area contributed by atoms with Crippen LogP contribution in [0.3, 0.4) is 0 Å². The Bertz CT molecular complexity index is 1100. The molecule has 0 N–H and O–H groups in total. The predicted octanol–water partition coefficient (Wildman–Crippen LogP) is 3.93. The summed E-state index contributed by atoms with van der Waals surface area (Å²) in [6.45, 7) is 3.86. The molecule has 0 unspecified atom stereocenters. The zero-order valence-electron chi connectivity index (χ0n) is 14.7. The van der Waals surface area contributed by atoms with Crippen molar-refractivity contribution in [1.29, 1.82) is 0 Å². The van der Waals surface area contributed by atoms with Crippen LogP contribution in [0.1, 0.15) is 10.4 Å². The quantitative estimate of drug-likeness (QED) is 0.621. The molecule has 3 aromatic rings. The number of halogens is 2. The Labute approximate surface area is 157 Å². The minimum absolute atomic E-state index is 0.181. The number of rotatable bonds is 5. The summed E-state index contributed by atoms with van der Waals surface area (Å²) in [7, 11) is 2.96. The molecule has 3 rings (SSSR count). The van der Waals surface area contributed by atoms with Crippen LogP contribution in [0.15, 0.2) is 48.0 Å². The second-order valence-corrected chi connectivity index (χ2v) is 6.51. The van der Waals surface area contributed by atoms with Gasteiger partial charge in [-0.3, -0.25) is 4.79 Å². The van der Waals surface area contributed by atoms with Gasteiger partial charge in [0, 0.05) is 18.2 Å². The molecule has 5 nitrogen and oxygen atoms in total. The van der Waals surface area contributed by atoms with Gasteiger partial charge in [-0.15, -0.1) is 6.58 Å². The van der Waals surface area contributed by atoms with Crippen molar-refractivity contribution in [2.75, 3.05) is 14.2 Å². The molecule has 0 saturated carbocycles.